The van der Waals surface area contributed by atoms with Gasteiger partial charge in [0.15, 0.2) is 0 Å². The van der Waals surface area contributed by atoms with Gasteiger partial charge in [0, 0.05) is 43.7 Å². The number of para-hydroxylation sites is 1. The Labute approximate surface area is 233 Å². The molecule has 39 heavy (non-hydrogen) atoms. The summed E-state index contributed by atoms with van der Waals surface area (Å²) in [6.07, 6.45) is 9.30. The molecule has 2 aromatic carbocycles. The highest BCUT2D eigenvalue weighted by Crippen LogP contribution is 2.61. The topological polar surface area (TPSA) is 81.2 Å². The molecule has 1 unspecified atom stereocenters. The zero-order valence-electron chi connectivity index (χ0n) is 21.8. The van der Waals surface area contributed by atoms with Crippen LogP contribution in [0.1, 0.15) is 18.4 Å². The first-order valence-electron chi connectivity index (χ1n) is 13.7. The highest BCUT2D eigenvalue weighted by molar-refractivity contribution is 8.02. The highest BCUT2D eigenvalue weighted by Gasteiger charge is 2.70. The van der Waals surface area contributed by atoms with E-state index >= 15 is 0 Å². The maximum Gasteiger partial charge on any atom is 0.247 e. The van der Waals surface area contributed by atoms with Crippen molar-refractivity contribution in [2.75, 3.05) is 31.1 Å². The molecule has 0 saturated carbocycles. The van der Waals surface area contributed by atoms with Gasteiger partial charge in [-0.3, -0.25) is 14.4 Å². The maximum atomic E-state index is 14.3. The number of amides is 3. The van der Waals surface area contributed by atoms with Gasteiger partial charge >= 0.3 is 0 Å². The predicted octanol–water partition coefficient (Wildman–Crippen LogP) is 3.26. The van der Waals surface area contributed by atoms with Gasteiger partial charge in [0.25, 0.3) is 0 Å². The molecule has 4 heterocycles. The van der Waals surface area contributed by atoms with Crippen LogP contribution in [0, 0.1) is 11.8 Å². The molecule has 0 bridgehead atoms. The van der Waals surface area contributed by atoms with Crippen LogP contribution in [0.15, 0.2) is 85.0 Å². The van der Waals surface area contributed by atoms with Gasteiger partial charge < -0.3 is 19.8 Å². The van der Waals surface area contributed by atoms with E-state index in [0.29, 0.717) is 39.0 Å². The smallest absolute Gasteiger partial charge is 0.247 e. The summed E-state index contributed by atoms with van der Waals surface area (Å²) in [4.78, 5) is 48.1. The number of hydrogen-bond acceptors (Lipinski definition) is 5. The largest absolute Gasteiger partial charge is 0.396 e. The first-order chi connectivity index (χ1) is 19.0. The Balaban J connectivity index is 1.39. The molecular weight excluding hydrogens is 510 g/mol. The van der Waals surface area contributed by atoms with Gasteiger partial charge in [-0.1, -0.05) is 72.8 Å². The van der Waals surface area contributed by atoms with Crippen molar-refractivity contribution in [3.63, 3.8) is 0 Å². The Morgan fingerprint density at radius 2 is 1.62 bits per heavy atom. The summed E-state index contributed by atoms with van der Waals surface area (Å²) >= 11 is 1.60. The molecule has 1 N–H and O–H groups in total. The summed E-state index contributed by atoms with van der Waals surface area (Å²) in [5.74, 6) is -1.48. The Morgan fingerprint density at radius 3 is 2.36 bits per heavy atom. The average Bonchev–Trinajstić information content (AvgIpc) is 3.27. The molecule has 0 radical (unpaired) electrons. The van der Waals surface area contributed by atoms with E-state index in [1.54, 1.807) is 21.6 Å². The number of rotatable bonds is 7. The molecule has 5 atom stereocenters. The van der Waals surface area contributed by atoms with E-state index in [1.807, 2.05) is 77.7 Å². The van der Waals surface area contributed by atoms with Crippen LogP contribution in [0.5, 0.6) is 0 Å². The van der Waals surface area contributed by atoms with Crippen LogP contribution in [0.2, 0.25) is 0 Å². The number of likely N-dealkylation sites (tertiary alicyclic amines) is 1. The molecule has 6 rings (SSSR count). The van der Waals surface area contributed by atoms with Crippen molar-refractivity contribution in [2.24, 2.45) is 11.8 Å². The van der Waals surface area contributed by atoms with Crippen molar-refractivity contribution in [3.8, 4) is 0 Å². The van der Waals surface area contributed by atoms with Crippen LogP contribution in [0.3, 0.4) is 0 Å². The van der Waals surface area contributed by atoms with E-state index in [1.165, 1.54) is 0 Å². The van der Waals surface area contributed by atoms with Crippen molar-refractivity contribution >= 4 is 35.2 Å². The second-order valence-electron chi connectivity index (χ2n) is 10.6. The number of hydrogen-bond donors (Lipinski definition) is 1. The molecule has 1 spiro atoms. The van der Waals surface area contributed by atoms with Gasteiger partial charge in [-0.25, -0.2) is 0 Å². The predicted molar refractivity (Wildman–Crippen MR) is 152 cm³/mol. The van der Waals surface area contributed by atoms with E-state index in [-0.39, 0.29) is 29.6 Å². The van der Waals surface area contributed by atoms with Crippen LogP contribution < -0.4 is 4.90 Å². The molecule has 3 amide bonds. The van der Waals surface area contributed by atoms with E-state index < -0.39 is 22.6 Å². The fraction of sp³-hybridized carbons (Fsp3) is 0.387. The van der Waals surface area contributed by atoms with Crippen molar-refractivity contribution in [2.45, 2.75) is 35.4 Å². The van der Waals surface area contributed by atoms with Crippen LogP contribution in [-0.2, 0) is 20.9 Å². The fourth-order valence-corrected chi connectivity index (χ4v) is 8.61. The number of aliphatic hydroxyl groups is 1. The third kappa shape index (κ3) is 4.39. The lowest BCUT2D eigenvalue weighted by Gasteiger charge is -2.35. The minimum atomic E-state index is -0.826. The molecule has 2 saturated heterocycles. The lowest BCUT2D eigenvalue weighted by Crippen LogP contribution is -2.53. The minimum absolute atomic E-state index is 0.0318. The summed E-state index contributed by atoms with van der Waals surface area (Å²) in [5, 5.41) is 9.21. The summed E-state index contributed by atoms with van der Waals surface area (Å²) in [7, 11) is 0. The van der Waals surface area contributed by atoms with Gasteiger partial charge in [-0.2, -0.15) is 0 Å². The fourth-order valence-electron chi connectivity index (χ4n) is 6.60. The number of fused-ring (bicyclic) bond motifs is 2. The van der Waals surface area contributed by atoms with Gasteiger partial charge in [0.2, 0.25) is 17.7 Å². The minimum Gasteiger partial charge on any atom is -0.396 e. The van der Waals surface area contributed by atoms with Crippen LogP contribution >= 0.6 is 11.8 Å². The normalized spacial score (nSPS) is 29.8. The molecule has 4 aliphatic heterocycles. The van der Waals surface area contributed by atoms with Gasteiger partial charge in [-0.05, 0) is 30.5 Å². The van der Waals surface area contributed by atoms with E-state index in [9.17, 15) is 19.5 Å². The molecule has 202 valence electrons. The quantitative estimate of drug-likeness (QED) is 0.428. The van der Waals surface area contributed by atoms with E-state index in [2.05, 4.69) is 12.2 Å². The molecule has 4 aliphatic rings. The first kappa shape index (κ1) is 25.9. The number of nitrogens with zero attached hydrogens (tertiary/aromatic N) is 3. The van der Waals surface area contributed by atoms with Crippen molar-refractivity contribution in [1.82, 2.24) is 9.80 Å². The van der Waals surface area contributed by atoms with Crippen LogP contribution in [0.25, 0.3) is 0 Å². The monoisotopic (exact) mass is 543 g/mol. The standard InChI is InChI=1S/C31H33N3O4S/c35-20-8-7-18-34-27-30(38)32(21-22-11-3-1-4-12-22)17-10-16-31(27)26(29(34)37)25-24(39-31)15-9-19-33(28(25)36)23-13-5-2-6-14-23/h1-6,9-16,24-27,35H,7-8,17-21H2/t24-,25+,26+,27?,31+/m1/s1. The summed E-state index contributed by atoms with van der Waals surface area (Å²) in [6.45, 7) is 1.77. The second-order valence-corrected chi connectivity index (χ2v) is 12.1. The van der Waals surface area contributed by atoms with Crippen LogP contribution in [0.4, 0.5) is 5.69 Å². The molecular formula is C31H33N3O4S. The number of carbonyl (C=O) groups is 3. The van der Waals surface area contributed by atoms with Gasteiger partial charge in [-0.15, -0.1) is 11.8 Å². The van der Waals surface area contributed by atoms with Crippen LogP contribution in [-0.4, -0.2) is 74.9 Å². The Hall–Kier alpha value is -3.36. The molecule has 0 aromatic heterocycles. The summed E-state index contributed by atoms with van der Waals surface area (Å²) in [5.41, 5.74) is 1.84. The first-order valence-corrected chi connectivity index (χ1v) is 14.6. The lowest BCUT2D eigenvalue weighted by atomic mass is 9.78. The number of benzene rings is 2. The Morgan fingerprint density at radius 1 is 0.872 bits per heavy atom. The van der Waals surface area contributed by atoms with Gasteiger partial charge in [0.05, 0.1) is 16.6 Å². The number of anilines is 1. The number of unbranched alkanes of at least 4 members (excludes halogenated alkanes) is 1. The number of thioether (sulfide) groups is 1. The molecule has 8 heteroatoms. The average molecular weight is 544 g/mol. The van der Waals surface area contributed by atoms with E-state index in [0.717, 1.165) is 11.3 Å². The molecule has 2 fully saturated rings. The van der Waals surface area contributed by atoms with Crippen molar-refractivity contribution in [1.29, 1.82) is 0 Å². The SMILES string of the molecule is O=C1C2N(CCCCO)C(=O)[C@@H]3[C@H]4C(=O)N(c5ccccc5)CC=C[C@H]4S[C@]23C=CCN1Cc1ccccc1. The highest BCUT2D eigenvalue weighted by atomic mass is 32.2. The van der Waals surface area contributed by atoms with E-state index in [4.69, 9.17) is 0 Å². The maximum absolute atomic E-state index is 14.3. The zero-order valence-corrected chi connectivity index (χ0v) is 22.6. The zero-order chi connectivity index (χ0) is 27.0. The van der Waals surface area contributed by atoms with Crippen molar-refractivity contribution < 1.29 is 19.5 Å². The second kappa shape index (κ2) is 10.7. The lowest BCUT2D eigenvalue weighted by molar-refractivity contribution is -0.143. The molecule has 7 nitrogen and oxygen atoms in total. The Kier molecular flexibility index (Phi) is 7.08. The Bertz CT molecular complexity index is 1300. The third-order valence-electron chi connectivity index (χ3n) is 8.33. The summed E-state index contributed by atoms with van der Waals surface area (Å²) in [6, 6.07) is 18.8. The number of aliphatic hydroxyl groups excluding tert-OH is 1. The van der Waals surface area contributed by atoms with Gasteiger partial charge in [0.1, 0.15) is 6.04 Å². The summed E-state index contributed by atoms with van der Waals surface area (Å²) < 4.78 is -0.826. The molecule has 0 aliphatic carbocycles. The van der Waals surface area contributed by atoms with Crippen molar-refractivity contribution in [3.05, 3.63) is 90.5 Å². The molecule has 2 aromatic rings. The number of carbonyl (C=O) groups excluding carboxylic acids is 3. The third-order valence-corrected chi connectivity index (χ3v) is 10.1.